The second-order valence-electron chi connectivity index (χ2n) is 7.93. The fourth-order valence-corrected chi connectivity index (χ4v) is 3.30. The molecule has 0 amide bonds. The molecule has 0 saturated carbocycles. The topological polar surface area (TPSA) is 68.2 Å². The summed E-state index contributed by atoms with van der Waals surface area (Å²) >= 11 is 0. The van der Waals surface area contributed by atoms with Crippen LogP contribution in [0.4, 0.5) is 5.69 Å². The van der Waals surface area contributed by atoms with Crippen molar-refractivity contribution in [3.05, 3.63) is 23.8 Å². The van der Waals surface area contributed by atoms with Gasteiger partial charge in [0.25, 0.3) is 0 Å². The van der Waals surface area contributed by atoms with Crippen LogP contribution in [0.15, 0.2) is 18.2 Å². The number of rotatable bonds is 7. The minimum absolute atomic E-state index is 0.0610. The zero-order valence-electron chi connectivity index (χ0n) is 17.5. The summed E-state index contributed by atoms with van der Waals surface area (Å²) in [6.45, 7) is 13.7. The molecular weight excluding hydrogens is 345 g/mol. The van der Waals surface area contributed by atoms with Gasteiger partial charge in [-0.05, 0) is 53.2 Å². The first kappa shape index (κ1) is 21.6. The van der Waals surface area contributed by atoms with Crippen molar-refractivity contribution in [1.82, 2.24) is 0 Å². The Morgan fingerprint density at radius 1 is 1.19 bits per heavy atom. The molecule has 1 aliphatic rings. The number of benzene rings is 1. The predicted octanol–water partition coefficient (Wildman–Crippen LogP) is 3.52. The van der Waals surface area contributed by atoms with Gasteiger partial charge in [0, 0.05) is 30.7 Å². The average Bonchev–Trinajstić information content (AvgIpc) is 2.81. The van der Waals surface area contributed by atoms with E-state index in [0.717, 1.165) is 18.8 Å². The van der Waals surface area contributed by atoms with Gasteiger partial charge in [0.15, 0.2) is 0 Å². The molecule has 1 atom stereocenters. The maximum Gasteiger partial charge on any atom is 0.466 e. The Hall–Kier alpha value is -1.73. The van der Waals surface area contributed by atoms with E-state index in [2.05, 4.69) is 18.7 Å². The summed E-state index contributed by atoms with van der Waals surface area (Å²) in [5.41, 5.74) is 0.507. The zero-order chi connectivity index (χ0) is 20.4. The van der Waals surface area contributed by atoms with Crippen molar-refractivity contribution in [2.45, 2.75) is 65.0 Å². The fourth-order valence-electron chi connectivity index (χ4n) is 3.30. The zero-order valence-corrected chi connectivity index (χ0v) is 17.5. The molecule has 0 aromatic heterocycles. The van der Waals surface area contributed by atoms with E-state index in [1.807, 2.05) is 39.8 Å². The van der Waals surface area contributed by atoms with Crippen molar-refractivity contribution in [1.29, 1.82) is 0 Å². The van der Waals surface area contributed by atoms with Crippen molar-refractivity contribution in [3.8, 4) is 5.75 Å². The van der Waals surface area contributed by atoms with Crippen LogP contribution in [0.5, 0.6) is 5.75 Å². The summed E-state index contributed by atoms with van der Waals surface area (Å²) in [4.78, 5) is 14.2. The highest BCUT2D eigenvalue weighted by atomic mass is 16.7. The van der Waals surface area contributed by atoms with E-state index in [-0.39, 0.29) is 18.1 Å². The number of hydrogen-bond donors (Lipinski definition) is 1. The van der Waals surface area contributed by atoms with E-state index in [1.54, 1.807) is 6.07 Å². The van der Waals surface area contributed by atoms with Crippen LogP contribution in [-0.4, -0.2) is 49.6 Å². The molecule has 1 unspecified atom stereocenters. The van der Waals surface area contributed by atoms with Gasteiger partial charge in [0.1, 0.15) is 5.75 Å². The molecule has 1 heterocycles. The van der Waals surface area contributed by atoms with E-state index in [1.165, 1.54) is 7.11 Å². The van der Waals surface area contributed by atoms with Crippen molar-refractivity contribution < 1.29 is 23.9 Å². The van der Waals surface area contributed by atoms with Gasteiger partial charge in [-0.2, -0.15) is 0 Å². The third kappa shape index (κ3) is 4.41. The maximum absolute atomic E-state index is 12.0. The molecule has 1 aromatic carbocycles. The highest BCUT2D eigenvalue weighted by Gasteiger charge is 2.54. The van der Waals surface area contributed by atoms with Crippen LogP contribution in [0.3, 0.4) is 0 Å². The first-order valence-corrected chi connectivity index (χ1v) is 9.56. The lowest BCUT2D eigenvalue weighted by Gasteiger charge is -2.32. The second-order valence-corrected chi connectivity index (χ2v) is 7.93. The first-order chi connectivity index (χ1) is 12.6. The van der Waals surface area contributed by atoms with Crippen LogP contribution in [0.25, 0.3) is 0 Å². The highest BCUT2D eigenvalue weighted by Crippen LogP contribution is 2.43. The summed E-state index contributed by atoms with van der Waals surface area (Å²) in [7, 11) is 0.701. The molecule has 0 bridgehead atoms. The number of carbonyl (C=O) groups is 1. The number of hydrogen-bond acceptors (Lipinski definition) is 6. The molecule has 0 radical (unpaired) electrons. The largest absolute Gasteiger partial charge is 0.508 e. The minimum atomic E-state index is -0.653. The van der Waals surface area contributed by atoms with Gasteiger partial charge in [0.2, 0.25) is 0 Å². The van der Waals surface area contributed by atoms with Crippen molar-refractivity contribution in [3.63, 3.8) is 0 Å². The van der Waals surface area contributed by atoms with Crippen LogP contribution in [-0.2, 0) is 18.8 Å². The smallest absolute Gasteiger partial charge is 0.466 e. The highest BCUT2D eigenvalue weighted by molar-refractivity contribution is 6.48. The maximum atomic E-state index is 12.0. The summed E-state index contributed by atoms with van der Waals surface area (Å²) in [6, 6.07) is 5.54. The lowest BCUT2D eigenvalue weighted by Crippen LogP contribution is -2.41. The SMILES string of the molecule is CCN(CC)c1ccc(C(CC(=O)OC)B2OC(C)(C)C(C)(C)O2)c(O)c1. The van der Waals surface area contributed by atoms with Gasteiger partial charge in [-0.3, -0.25) is 4.79 Å². The van der Waals surface area contributed by atoms with E-state index >= 15 is 0 Å². The predicted molar refractivity (Wildman–Crippen MR) is 107 cm³/mol. The van der Waals surface area contributed by atoms with Crippen LogP contribution < -0.4 is 4.90 Å². The Balaban J connectivity index is 2.39. The Kier molecular flexibility index (Phi) is 6.48. The van der Waals surface area contributed by atoms with Crippen LogP contribution >= 0.6 is 0 Å². The number of phenols is 1. The van der Waals surface area contributed by atoms with Gasteiger partial charge < -0.3 is 24.1 Å². The van der Waals surface area contributed by atoms with E-state index < -0.39 is 24.1 Å². The quantitative estimate of drug-likeness (QED) is 0.579. The molecule has 6 nitrogen and oxygen atoms in total. The Labute approximate surface area is 162 Å². The average molecular weight is 377 g/mol. The van der Waals surface area contributed by atoms with Crippen molar-refractivity contribution in [2.24, 2.45) is 0 Å². The minimum Gasteiger partial charge on any atom is -0.508 e. The molecule has 2 rings (SSSR count). The number of aromatic hydroxyl groups is 1. The van der Waals surface area contributed by atoms with E-state index in [9.17, 15) is 9.90 Å². The van der Waals surface area contributed by atoms with E-state index in [0.29, 0.717) is 5.56 Å². The van der Waals surface area contributed by atoms with Gasteiger partial charge in [0.05, 0.1) is 24.7 Å². The molecule has 1 aromatic rings. The molecule has 7 heteroatoms. The number of anilines is 1. The molecule has 1 aliphatic heterocycles. The third-order valence-electron chi connectivity index (χ3n) is 5.76. The Morgan fingerprint density at radius 3 is 2.19 bits per heavy atom. The molecule has 1 N–H and O–H groups in total. The van der Waals surface area contributed by atoms with Gasteiger partial charge in [-0.25, -0.2) is 0 Å². The third-order valence-corrected chi connectivity index (χ3v) is 5.76. The molecule has 150 valence electrons. The standard InChI is InChI=1S/C20H32BNO5/c1-8-22(9-2)14-10-11-15(17(23)12-14)16(13-18(24)25-7)21-26-19(3,4)20(5,6)27-21/h10-12,16,23H,8-9,13H2,1-7H3. The van der Waals surface area contributed by atoms with E-state index in [4.69, 9.17) is 14.0 Å². The van der Waals surface area contributed by atoms with Gasteiger partial charge >= 0.3 is 13.1 Å². The normalized spacial score (nSPS) is 19.0. The molecule has 0 aliphatic carbocycles. The molecule has 27 heavy (non-hydrogen) atoms. The molecular formula is C20H32BNO5. The molecule has 1 fully saturated rings. The lowest BCUT2D eigenvalue weighted by molar-refractivity contribution is -0.140. The van der Waals surface area contributed by atoms with Crippen molar-refractivity contribution in [2.75, 3.05) is 25.1 Å². The number of carbonyl (C=O) groups excluding carboxylic acids is 1. The Morgan fingerprint density at radius 2 is 1.74 bits per heavy atom. The number of ether oxygens (including phenoxy) is 1. The number of esters is 1. The summed E-state index contributed by atoms with van der Waals surface area (Å²) < 4.78 is 17.2. The monoisotopic (exact) mass is 377 g/mol. The van der Waals surface area contributed by atoms with Crippen LogP contribution in [0, 0.1) is 0 Å². The number of methoxy groups -OCH3 is 1. The number of phenolic OH excluding ortho intramolecular Hbond substituents is 1. The summed E-state index contributed by atoms with van der Waals surface area (Å²) in [6.07, 6.45) is 0.0610. The first-order valence-electron chi connectivity index (χ1n) is 9.56. The molecule has 0 spiro atoms. The van der Waals surface area contributed by atoms with Crippen molar-refractivity contribution >= 4 is 18.8 Å². The van der Waals surface area contributed by atoms with Gasteiger partial charge in [-0.1, -0.05) is 6.07 Å². The summed E-state index contributed by atoms with van der Waals surface area (Å²) in [5, 5.41) is 10.7. The van der Waals surface area contributed by atoms with Gasteiger partial charge in [-0.15, -0.1) is 0 Å². The number of nitrogens with zero attached hydrogens (tertiary/aromatic N) is 1. The van der Waals surface area contributed by atoms with Crippen LogP contribution in [0.2, 0.25) is 0 Å². The Bertz CT molecular complexity index is 656. The lowest BCUT2D eigenvalue weighted by atomic mass is 9.66. The summed E-state index contributed by atoms with van der Waals surface area (Å²) in [5.74, 6) is -0.714. The van der Waals surface area contributed by atoms with Crippen LogP contribution in [0.1, 0.15) is 59.3 Å². The second kappa shape index (κ2) is 8.11. The fraction of sp³-hybridized carbons (Fsp3) is 0.650. The molecule has 1 saturated heterocycles.